The van der Waals surface area contributed by atoms with E-state index in [1.165, 1.54) is 24.1 Å². The zero-order chi connectivity index (χ0) is 17.2. The number of hydrazone groups is 1. The summed E-state index contributed by atoms with van der Waals surface area (Å²) in [6, 6.07) is 13.1. The van der Waals surface area contributed by atoms with Gasteiger partial charge in [-0.05, 0) is 55.5 Å². The molecule has 0 saturated carbocycles. The maximum Gasteiger partial charge on any atom is 0.271 e. The van der Waals surface area contributed by atoms with Crippen LogP contribution in [0.3, 0.4) is 0 Å². The van der Waals surface area contributed by atoms with Gasteiger partial charge in [0.15, 0.2) is 0 Å². The topological polar surface area (TPSA) is 57.2 Å². The van der Waals surface area contributed by atoms with Gasteiger partial charge in [-0.25, -0.2) is 5.43 Å². The molecule has 0 radical (unpaired) electrons. The molecule has 0 saturated heterocycles. The molecular weight excluding hydrogens is 334 g/mol. The van der Waals surface area contributed by atoms with Crippen molar-refractivity contribution in [2.24, 2.45) is 5.10 Å². The van der Waals surface area contributed by atoms with E-state index in [0.717, 1.165) is 29.3 Å². The van der Waals surface area contributed by atoms with Gasteiger partial charge in [0.2, 0.25) is 0 Å². The molecule has 0 unspecified atom stereocenters. The highest BCUT2D eigenvalue weighted by molar-refractivity contribution is 6.33. The molecule has 25 heavy (non-hydrogen) atoms. The largest absolute Gasteiger partial charge is 0.358 e. The Morgan fingerprint density at radius 2 is 2.00 bits per heavy atom. The maximum absolute atomic E-state index is 12.4. The highest BCUT2D eigenvalue weighted by atomic mass is 35.5. The second-order valence-corrected chi connectivity index (χ2v) is 6.68. The molecule has 1 amide bonds. The maximum atomic E-state index is 12.4. The van der Waals surface area contributed by atoms with Gasteiger partial charge in [0, 0.05) is 32.7 Å². The minimum absolute atomic E-state index is 0.226. The smallest absolute Gasteiger partial charge is 0.271 e. The SMILES string of the molecule is O=C(N/N=C/c1ccccc1Cl)c1ccc2[nH]c3c(c2c1)CCCC3. The van der Waals surface area contributed by atoms with Crippen LogP contribution in [0.1, 0.15) is 40.0 Å². The zero-order valence-corrected chi connectivity index (χ0v) is 14.4. The fourth-order valence-corrected chi connectivity index (χ4v) is 3.54. The van der Waals surface area contributed by atoms with Crippen molar-refractivity contribution in [3.63, 3.8) is 0 Å². The summed E-state index contributed by atoms with van der Waals surface area (Å²) in [5.41, 5.74) is 7.72. The lowest BCUT2D eigenvalue weighted by atomic mass is 9.95. The Bertz CT molecular complexity index is 974. The van der Waals surface area contributed by atoms with E-state index in [9.17, 15) is 4.79 Å². The predicted molar refractivity (Wildman–Crippen MR) is 101 cm³/mol. The number of H-pyrrole nitrogens is 1. The normalized spacial score (nSPS) is 14.0. The van der Waals surface area contributed by atoms with Gasteiger partial charge >= 0.3 is 0 Å². The minimum Gasteiger partial charge on any atom is -0.358 e. The number of hydrogen-bond donors (Lipinski definition) is 2. The second kappa shape index (κ2) is 6.73. The molecule has 0 bridgehead atoms. The molecule has 1 aliphatic carbocycles. The van der Waals surface area contributed by atoms with Gasteiger partial charge in [0.25, 0.3) is 5.91 Å². The molecule has 1 aromatic heterocycles. The zero-order valence-electron chi connectivity index (χ0n) is 13.7. The number of benzene rings is 2. The summed E-state index contributed by atoms with van der Waals surface area (Å²) in [4.78, 5) is 15.9. The van der Waals surface area contributed by atoms with E-state index in [1.807, 2.05) is 36.4 Å². The molecule has 0 aliphatic heterocycles. The third-order valence-corrected chi connectivity index (χ3v) is 4.98. The van der Waals surface area contributed by atoms with Crippen LogP contribution in [0.2, 0.25) is 5.02 Å². The molecule has 1 aliphatic rings. The molecule has 0 atom stereocenters. The van der Waals surface area contributed by atoms with Gasteiger partial charge in [-0.1, -0.05) is 29.8 Å². The first kappa shape index (κ1) is 15.9. The fourth-order valence-electron chi connectivity index (χ4n) is 3.35. The van der Waals surface area contributed by atoms with E-state index >= 15 is 0 Å². The van der Waals surface area contributed by atoms with E-state index in [4.69, 9.17) is 11.6 Å². The number of aryl methyl sites for hydroxylation is 2. The van der Waals surface area contributed by atoms with Crippen LogP contribution in [0.15, 0.2) is 47.6 Å². The summed E-state index contributed by atoms with van der Waals surface area (Å²) in [5, 5.41) is 5.77. The highest BCUT2D eigenvalue weighted by Gasteiger charge is 2.16. The number of rotatable bonds is 3. The first-order chi connectivity index (χ1) is 12.2. The van der Waals surface area contributed by atoms with Crippen LogP contribution in [0.4, 0.5) is 0 Å². The molecule has 1 heterocycles. The fraction of sp³-hybridized carbons (Fsp3) is 0.200. The van der Waals surface area contributed by atoms with Crippen molar-refractivity contribution in [1.82, 2.24) is 10.4 Å². The Balaban J connectivity index is 1.55. The number of halogens is 1. The minimum atomic E-state index is -0.226. The van der Waals surface area contributed by atoms with Crippen molar-refractivity contribution >= 4 is 34.6 Å². The summed E-state index contributed by atoms with van der Waals surface area (Å²) in [5.74, 6) is -0.226. The van der Waals surface area contributed by atoms with Gasteiger partial charge in [0.05, 0.1) is 6.21 Å². The summed E-state index contributed by atoms with van der Waals surface area (Å²) < 4.78 is 0. The highest BCUT2D eigenvalue weighted by Crippen LogP contribution is 2.29. The lowest BCUT2D eigenvalue weighted by molar-refractivity contribution is 0.0955. The van der Waals surface area contributed by atoms with Gasteiger partial charge in [-0.3, -0.25) is 4.79 Å². The number of nitrogens with one attached hydrogen (secondary N) is 2. The molecule has 2 aromatic carbocycles. The number of fused-ring (bicyclic) bond motifs is 3. The van der Waals surface area contributed by atoms with Crippen molar-refractivity contribution in [3.8, 4) is 0 Å². The molecule has 0 spiro atoms. The monoisotopic (exact) mass is 351 g/mol. The standard InChI is InChI=1S/C20H18ClN3O/c21-17-7-3-1-5-14(17)12-22-24-20(25)13-9-10-19-16(11-13)15-6-2-4-8-18(15)23-19/h1,3,5,7,9-12,23H,2,4,6,8H2,(H,24,25)/b22-12+. The van der Waals surface area contributed by atoms with E-state index in [-0.39, 0.29) is 5.91 Å². The summed E-state index contributed by atoms with van der Waals surface area (Å²) >= 11 is 6.07. The molecule has 126 valence electrons. The van der Waals surface area contributed by atoms with Crippen molar-refractivity contribution in [3.05, 3.63) is 69.9 Å². The average molecular weight is 352 g/mol. The average Bonchev–Trinajstić information content (AvgIpc) is 3.01. The molecular formula is C20H18ClN3O. The number of amides is 1. The van der Waals surface area contributed by atoms with Crippen molar-refractivity contribution in [2.75, 3.05) is 0 Å². The summed E-state index contributed by atoms with van der Waals surface area (Å²) in [6.45, 7) is 0. The number of carbonyl (C=O) groups excluding carboxylic acids is 1. The lowest BCUT2D eigenvalue weighted by Crippen LogP contribution is -2.17. The van der Waals surface area contributed by atoms with E-state index in [2.05, 4.69) is 15.5 Å². The molecule has 4 rings (SSSR count). The van der Waals surface area contributed by atoms with Crippen LogP contribution in [-0.4, -0.2) is 17.1 Å². The Hall–Kier alpha value is -2.59. The number of nitrogens with zero attached hydrogens (tertiary/aromatic N) is 1. The van der Waals surface area contributed by atoms with Crippen molar-refractivity contribution < 1.29 is 4.79 Å². The number of aromatic nitrogens is 1. The van der Waals surface area contributed by atoms with Crippen molar-refractivity contribution in [2.45, 2.75) is 25.7 Å². The number of carbonyl (C=O) groups is 1. The first-order valence-corrected chi connectivity index (χ1v) is 8.81. The third kappa shape index (κ3) is 3.17. The van der Waals surface area contributed by atoms with E-state index in [1.54, 1.807) is 12.3 Å². The van der Waals surface area contributed by atoms with E-state index < -0.39 is 0 Å². The third-order valence-electron chi connectivity index (χ3n) is 4.64. The van der Waals surface area contributed by atoms with Gasteiger partial charge in [-0.15, -0.1) is 0 Å². The predicted octanol–water partition coefficient (Wildman–Crippen LogP) is 4.46. The summed E-state index contributed by atoms with van der Waals surface area (Å²) in [6.07, 6.45) is 6.15. The van der Waals surface area contributed by atoms with Gasteiger partial charge < -0.3 is 4.98 Å². The van der Waals surface area contributed by atoms with E-state index in [0.29, 0.717) is 10.6 Å². The van der Waals surface area contributed by atoms with Crippen LogP contribution in [0, 0.1) is 0 Å². The van der Waals surface area contributed by atoms with Crippen molar-refractivity contribution in [1.29, 1.82) is 0 Å². The first-order valence-electron chi connectivity index (χ1n) is 8.44. The lowest BCUT2D eigenvalue weighted by Gasteiger charge is -2.10. The molecule has 5 heteroatoms. The van der Waals surface area contributed by atoms with Crippen LogP contribution >= 0.6 is 11.6 Å². The quantitative estimate of drug-likeness (QED) is 0.531. The van der Waals surface area contributed by atoms with Crippen LogP contribution < -0.4 is 5.43 Å². The molecule has 4 nitrogen and oxygen atoms in total. The molecule has 0 fully saturated rings. The Labute approximate surface area is 150 Å². The Morgan fingerprint density at radius 3 is 2.88 bits per heavy atom. The van der Waals surface area contributed by atoms with Gasteiger partial charge in [0.1, 0.15) is 0 Å². The Morgan fingerprint density at radius 1 is 1.16 bits per heavy atom. The van der Waals surface area contributed by atoms with Gasteiger partial charge in [-0.2, -0.15) is 5.10 Å². The number of aromatic amines is 1. The number of hydrogen-bond acceptors (Lipinski definition) is 2. The van der Waals surface area contributed by atoms with Crippen LogP contribution in [0.5, 0.6) is 0 Å². The summed E-state index contributed by atoms with van der Waals surface area (Å²) in [7, 11) is 0. The van der Waals surface area contributed by atoms with Crippen LogP contribution in [-0.2, 0) is 12.8 Å². The Kier molecular flexibility index (Phi) is 4.28. The molecule has 2 N–H and O–H groups in total. The second-order valence-electron chi connectivity index (χ2n) is 6.27. The molecule has 3 aromatic rings. The van der Waals surface area contributed by atoms with Crippen LogP contribution in [0.25, 0.3) is 10.9 Å².